The van der Waals surface area contributed by atoms with Gasteiger partial charge in [-0.2, -0.15) is 0 Å². The summed E-state index contributed by atoms with van der Waals surface area (Å²) in [5, 5.41) is 111. The molecule has 3 rings (SSSR count). The number of rotatable bonds is 36. The SMILES string of the molecule is CCC(=O)CCCCC(=O)NCCCC[C@H](NC(=O)CNC(=O)CN(CC(=O)CCCO[C@@H]1O[C@@H](C)[C@@H](O)[C@@H](O)[C@@H]1O)CC(=O)NCCO[C@H]1O[C@H](CO)[C@@H](O)[C@H](O)[C@@H]1O)C(=O)CCCO[C@@H]1O[C@@H](C)[C@@H](O)[C@@H](O)[C@@H]1O. The summed E-state index contributed by atoms with van der Waals surface area (Å²) < 4.78 is 32.5. The fourth-order valence-corrected chi connectivity index (χ4v) is 8.29. The lowest BCUT2D eigenvalue weighted by Crippen LogP contribution is -2.59. The van der Waals surface area contributed by atoms with Gasteiger partial charge in [-0.1, -0.05) is 6.92 Å². The summed E-state index contributed by atoms with van der Waals surface area (Å²) >= 11 is 0. The van der Waals surface area contributed by atoms with E-state index in [-0.39, 0.29) is 83.1 Å². The normalized spacial score (nSPS) is 30.1. The van der Waals surface area contributed by atoms with E-state index in [0.29, 0.717) is 38.5 Å². The lowest BCUT2D eigenvalue weighted by atomic mass is 9.99. The molecule has 0 spiro atoms. The molecule has 0 radical (unpaired) electrons. The molecule has 16 atom stereocenters. The third-order valence-corrected chi connectivity index (χ3v) is 13.0. The van der Waals surface area contributed by atoms with Crippen LogP contribution in [0.3, 0.4) is 0 Å². The molecule has 3 aliphatic rings. The van der Waals surface area contributed by atoms with Gasteiger partial charge < -0.3 is 101 Å². The van der Waals surface area contributed by atoms with Gasteiger partial charge in [0, 0.05) is 45.2 Å². The van der Waals surface area contributed by atoms with Gasteiger partial charge in [-0.15, -0.1) is 0 Å². The van der Waals surface area contributed by atoms with Crippen LogP contribution in [0.4, 0.5) is 0 Å². The number of nitrogens with one attached hydrogen (secondary N) is 4. The number of ketones is 3. The molecule has 14 N–H and O–H groups in total. The van der Waals surface area contributed by atoms with E-state index in [1.807, 2.05) is 0 Å². The number of carbonyl (C=O) groups is 7. The van der Waals surface area contributed by atoms with Crippen molar-refractivity contribution in [3.05, 3.63) is 0 Å². The molecule has 28 nitrogen and oxygen atoms in total. The minimum absolute atomic E-state index is 0.0808. The summed E-state index contributed by atoms with van der Waals surface area (Å²) in [7, 11) is 0. The molecule has 0 aromatic rings. The van der Waals surface area contributed by atoms with Crippen molar-refractivity contribution >= 4 is 41.0 Å². The second kappa shape index (κ2) is 35.0. The van der Waals surface area contributed by atoms with Gasteiger partial charge in [0.1, 0.15) is 72.6 Å². The van der Waals surface area contributed by atoms with E-state index >= 15 is 0 Å². The second-order valence-electron chi connectivity index (χ2n) is 19.2. The Labute approximate surface area is 441 Å². The van der Waals surface area contributed by atoms with Crippen LogP contribution in [0.5, 0.6) is 0 Å². The van der Waals surface area contributed by atoms with Crippen LogP contribution in [0.25, 0.3) is 0 Å². The van der Waals surface area contributed by atoms with Crippen molar-refractivity contribution in [2.45, 2.75) is 196 Å². The smallest absolute Gasteiger partial charge is 0.239 e. The average Bonchev–Trinajstić information content (AvgIpc) is 3.39. The molecule has 4 amide bonds. The molecule has 0 bridgehead atoms. The quantitative estimate of drug-likeness (QED) is 0.0260. The molecule has 0 aromatic heterocycles. The monoisotopic (exact) mass is 1100 g/mol. The highest BCUT2D eigenvalue weighted by atomic mass is 16.7. The van der Waals surface area contributed by atoms with E-state index in [9.17, 15) is 84.6 Å². The Morgan fingerprint density at radius 3 is 1.58 bits per heavy atom. The molecule has 3 aliphatic heterocycles. The van der Waals surface area contributed by atoms with Crippen LogP contribution in [0, 0.1) is 0 Å². The first-order chi connectivity index (χ1) is 36.1. The third kappa shape index (κ3) is 22.9. The van der Waals surface area contributed by atoms with Crippen LogP contribution in [-0.4, -0.2) is 261 Å². The summed E-state index contributed by atoms with van der Waals surface area (Å²) in [6.45, 7) is 1.43. The average molecular weight is 1100 g/mol. The highest BCUT2D eigenvalue weighted by Gasteiger charge is 2.45. The standard InChI is InChI=1S/C48H83N5O23/c1-4-28(55)11-5-6-15-33(58)49-16-8-7-13-30(31(57)14-10-19-72-47-44(69)41(66)38(63)27(3)75-47)52-34(59)21-51-36(61)24-53(22-29(56)12-9-18-71-46-43(68)40(65)37(62)26(2)74-46)23-35(60)50-17-20-73-48-45(70)42(67)39(64)32(25-54)76-48/h26-27,30,32,37-48,54,62-70H,4-25H2,1-3H3,(H,49,58)(H,50,60)(H,51,61)(H,52,59)/t26-,27-,30-,32+,37+,38+,39+,40+,41+,42-,43-,44-,45-,46+,47+,48-/m0/s1. The largest absolute Gasteiger partial charge is 0.394 e. The van der Waals surface area contributed by atoms with Crippen molar-refractivity contribution in [2.24, 2.45) is 0 Å². The highest BCUT2D eigenvalue weighted by molar-refractivity contribution is 5.91. The maximum Gasteiger partial charge on any atom is 0.239 e. The molecule has 0 aromatic carbocycles. The zero-order valence-electron chi connectivity index (χ0n) is 43.5. The van der Waals surface area contributed by atoms with Crippen LogP contribution in [0.15, 0.2) is 0 Å². The van der Waals surface area contributed by atoms with Crippen LogP contribution in [0.2, 0.25) is 0 Å². The fourth-order valence-electron chi connectivity index (χ4n) is 8.29. The first kappa shape index (κ1) is 66.5. The van der Waals surface area contributed by atoms with Gasteiger partial charge >= 0.3 is 0 Å². The summed E-state index contributed by atoms with van der Waals surface area (Å²) in [6, 6.07) is -1.05. The lowest BCUT2D eigenvalue weighted by Gasteiger charge is -2.39. The van der Waals surface area contributed by atoms with Gasteiger partial charge in [0.2, 0.25) is 23.6 Å². The minimum atomic E-state index is -1.69. The molecule has 0 aliphatic carbocycles. The van der Waals surface area contributed by atoms with Crippen molar-refractivity contribution in [3.63, 3.8) is 0 Å². The zero-order valence-corrected chi connectivity index (χ0v) is 43.5. The summed E-state index contributed by atoms with van der Waals surface area (Å²) in [4.78, 5) is 91.4. The number of unbranched alkanes of at least 4 members (excludes halogenated alkanes) is 2. The molecule has 0 unspecified atom stereocenters. The summed E-state index contributed by atoms with van der Waals surface area (Å²) in [5.41, 5.74) is 0. The molecule has 0 saturated carbocycles. The number of hydrogen-bond acceptors (Lipinski definition) is 24. The fraction of sp³-hybridized carbons (Fsp3) is 0.854. The third-order valence-electron chi connectivity index (χ3n) is 13.0. The Hall–Kier alpha value is -3.79. The minimum Gasteiger partial charge on any atom is -0.394 e. The predicted octanol–water partition coefficient (Wildman–Crippen LogP) is -5.97. The number of nitrogens with zero attached hydrogens (tertiary/aromatic N) is 1. The Balaban J connectivity index is 1.58. The highest BCUT2D eigenvalue weighted by Crippen LogP contribution is 2.24. The Morgan fingerprint density at radius 2 is 1.00 bits per heavy atom. The van der Waals surface area contributed by atoms with E-state index in [0.717, 1.165) is 0 Å². The number of hydrogen-bond donors (Lipinski definition) is 14. The van der Waals surface area contributed by atoms with E-state index in [1.165, 1.54) is 18.7 Å². The Morgan fingerprint density at radius 1 is 0.500 bits per heavy atom. The van der Waals surface area contributed by atoms with Crippen LogP contribution >= 0.6 is 0 Å². The summed E-state index contributed by atoms with van der Waals surface area (Å²) in [6.07, 6.45) is -17.7. The van der Waals surface area contributed by atoms with Gasteiger partial charge in [0.05, 0.1) is 70.9 Å². The number of aliphatic hydroxyl groups is 10. The number of ether oxygens (including phenoxy) is 6. The molecule has 3 heterocycles. The van der Waals surface area contributed by atoms with Gasteiger partial charge in [-0.3, -0.25) is 38.5 Å². The van der Waals surface area contributed by atoms with Crippen LogP contribution in [0.1, 0.15) is 97.8 Å². The van der Waals surface area contributed by atoms with E-state index < -0.39 is 160 Å². The second-order valence-corrected chi connectivity index (χ2v) is 19.2. The predicted molar refractivity (Wildman–Crippen MR) is 260 cm³/mol. The van der Waals surface area contributed by atoms with Gasteiger partial charge in [-0.05, 0) is 58.8 Å². The Bertz CT molecular complexity index is 1800. The molecule has 28 heteroatoms. The Kier molecular flexibility index (Phi) is 30.6. The summed E-state index contributed by atoms with van der Waals surface area (Å²) in [5.74, 6) is -3.19. The van der Waals surface area contributed by atoms with Crippen molar-refractivity contribution in [1.82, 2.24) is 26.2 Å². The van der Waals surface area contributed by atoms with Crippen molar-refractivity contribution in [3.8, 4) is 0 Å². The van der Waals surface area contributed by atoms with Gasteiger partial charge in [0.15, 0.2) is 24.7 Å². The van der Waals surface area contributed by atoms with Crippen LogP contribution < -0.4 is 21.3 Å². The lowest BCUT2D eigenvalue weighted by molar-refractivity contribution is -0.300. The van der Waals surface area contributed by atoms with Gasteiger partial charge in [0.25, 0.3) is 0 Å². The maximum atomic E-state index is 13.5. The molecular formula is C48H83N5O23. The number of amides is 4. The molecule has 3 fully saturated rings. The van der Waals surface area contributed by atoms with Crippen molar-refractivity contribution in [1.29, 1.82) is 0 Å². The van der Waals surface area contributed by atoms with Crippen molar-refractivity contribution in [2.75, 3.05) is 65.7 Å². The molecule has 3 saturated heterocycles. The van der Waals surface area contributed by atoms with Crippen molar-refractivity contribution < 1.29 is 113 Å². The van der Waals surface area contributed by atoms with E-state index in [4.69, 9.17) is 28.4 Å². The molecular weight excluding hydrogens is 1010 g/mol. The topological polar surface area (TPSA) is 429 Å². The van der Waals surface area contributed by atoms with Crippen LogP contribution in [-0.2, 0) is 62.0 Å². The molecule has 76 heavy (non-hydrogen) atoms. The van der Waals surface area contributed by atoms with E-state index in [2.05, 4.69) is 21.3 Å². The maximum absolute atomic E-state index is 13.5. The zero-order chi connectivity index (χ0) is 56.5. The number of Topliss-reactive ketones (excluding diaryl/α,β-unsaturated/α-hetero) is 3. The first-order valence-electron chi connectivity index (χ1n) is 26.0. The number of aliphatic hydroxyl groups excluding tert-OH is 10. The number of carbonyl (C=O) groups excluding carboxylic acids is 7. The first-order valence-corrected chi connectivity index (χ1v) is 26.0. The van der Waals surface area contributed by atoms with E-state index in [1.54, 1.807) is 6.92 Å². The molecule has 438 valence electrons. The van der Waals surface area contributed by atoms with Gasteiger partial charge in [-0.25, -0.2) is 0 Å².